The highest BCUT2D eigenvalue weighted by Crippen LogP contribution is 2.48. The van der Waals surface area contributed by atoms with Crippen LogP contribution in [0.15, 0.2) is 63.1 Å². The van der Waals surface area contributed by atoms with E-state index in [4.69, 9.17) is 4.74 Å². The van der Waals surface area contributed by atoms with Crippen LogP contribution in [0.4, 0.5) is 0 Å². The van der Waals surface area contributed by atoms with Crippen molar-refractivity contribution in [3.63, 3.8) is 0 Å². The van der Waals surface area contributed by atoms with Gasteiger partial charge in [-0.2, -0.15) is 0 Å². The predicted octanol–water partition coefficient (Wildman–Crippen LogP) is 3.49. The van der Waals surface area contributed by atoms with Crippen molar-refractivity contribution in [3.05, 3.63) is 69.3 Å². The monoisotopic (exact) mass is 527 g/mol. The van der Waals surface area contributed by atoms with E-state index in [1.54, 1.807) is 43.3 Å². The van der Waals surface area contributed by atoms with E-state index >= 15 is 0 Å². The fraction of sp³-hybridized carbons (Fsp3) is 0.286. The van der Waals surface area contributed by atoms with Crippen molar-refractivity contribution in [2.24, 2.45) is 0 Å². The lowest BCUT2D eigenvalue weighted by Gasteiger charge is -2.32. The number of carbonyl (C=O) groups is 1. The van der Waals surface area contributed by atoms with Gasteiger partial charge in [-0.15, -0.1) is 0 Å². The molecule has 0 aliphatic carbocycles. The van der Waals surface area contributed by atoms with Gasteiger partial charge in [0.05, 0.1) is 17.2 Å². The molecule has 3 rings (SSSR count). The third-order valence-electron chi connectivity index (χ3n) is 4.77. The van der Waals surface area contributed by atoms with Gasteiger partial charge in [-0.25, -0.2) is 17.5 Å². The summed E-state index contributed by atoms with van der Waals surface area (Å²) in [6.07, 6.45) is 0. The van der Waals surface area contributed by atoms with Gasteiger partial charge in [0.2, 0.25) is 0 Å². The van der Waals surface area contributed by atoms with Crippen LogP contribution < -0.4 is 0 Å². The Labute approximate surface area is 184 Å². The molecule has 0 unspecified atom stereocenters. The zero-order valence-corrected chi connectivity index (χ0v) is 19.3. The number of halogens is 1. The zero-order valence-electron chi connectivity index (χ0n) is 16.3. The maximum Gasteiger partial charge on any atom is 0.333 e. The van der Waals surface area contributed by atoms with Crippen LogP contribution in [-0.4, -0.2) is 42.0 Å². The first kappa shape index (κ1) is 21.8. The van der Waals surface area contributed by atoms with Gasteiger partial charge in [0, 0.05) is 3.58 Å². The lowest BCUT2D eigenvalue weighted by molar-refractivity contribution is -0.151. The molecular weight excluding hydrogens is 505 g/mol. The van der Waals surface area contributed by atoms with Crippen LogP contribution in [0, 0.1) is 6.92 Å². The van der Waals surface area contributed by atoms with E-state index in [0.717, 1.165) is 9.87 Å². The molecule has 0 amide bonds. The molecule has 8 heteroatoms. The molecule has 2 aromatic rings. The molecule has 0 saturated carbocycles. The van der Waals surface area contributed by atoms with E-state index in [1.807, 2.05) is 35.6 Å². The van der Waals surface area contributed by atoms with Crippen molar-refractivity contribution in [1.82, 2.24) is 4.31 Å². The molecule has 6 nitrogen and oxygen atoms in total. The van der Waals surface area contributed by atoms with Crippen molar-refractivity contribution in [2.75, 3.05) is 6.61 Å². The number of aliphatic hydroxyl groups is 1. The van der Waals surface area contributed by atoms with E-state index in [2.05, 4.69) is 0 Å². The predicted molar refractivity (Wildman–Crippen MR) is 119 cm³/mol. The number of aryl methyl sites for hydroxylation is 1. The fourth-order valence-electron chi connectivity index (χ4n) is 3.29. The Morgan fingerprint density at radius 2 is 1.76 bits per heavy atom. The quantitative estimate of drug-likeness (QED) is 0.476. The Bertz CT molecular complexity index is 1050. The van der Waals surface area contributed by atoms with E-state index in [9.17, 15) is 18.3 Å². The Morgan fingerprint density at radius 3 is 2.31 bits per heavy atom. The smallest absolute Gasteiger partial charge is 0.333 e. The summed E-state index contributed by atoms with van der Waals surface area (Å²) in [6, 6.07) is 13.8. The Morgan fingerprint density at radius 1 is 1.17 bits per heavy atom. The van der Waals surface area contributed by atoms with Crippen LogP contribution in [0.25, 0.3) is 5.70 Å². The summed E-state index contributed by atoms with van der Waals surface area (Å²) in [7, 11) is -4.16. The highest BCUT2D eigenvalue weighted by atomic mass is 127. The van der Waals surface area contributed by atoms with Crippen LogP contribution in [-0.2, 0) is 19.6 Å². The van der Waals surface area contributed by atoms with Crippen LogP contribution in [0.1, 0.15) is 25.0 Å². The molecule has 1 aliphatic heterocycles. The highest BCUT2D eigenvalue weighted by molar-refractivity contribution is 14.1. The number of sulfonamides is 1. The normalized spacial score (nSPS) is 22.1. The topological polar surface area (TPSA) is 83.9 Å². The molecule has 0 bridgehead atoms. The average molecular weight is 527 g/mol. The van der Waals surface area contributed by atoms with Gasteiger partial charge in [0.25, 0.3) is 10.0 Å². The first-order valence-corrected chi connectivity index (χ1v) is 11.6. The van der Waals surface area contributed by atoms with E-state index in [0.29, 0.717) is 9.14 Å². The number of ether oxygens (including phenoxy) is 1. The molecule has 1 heterocycles. The summed E-state index contributed by atoms with van der Waals surface area (Å²) < 4.78 is 33.8. The number of rotatable bonds is 5. The van der Waals surface area contributed by atoms with Crippen molar-refractivity contribution in [3.8, 4) is 0 Å². The van der Waals surface area contributed by atoms with Crippen molar-refractivity contribution >= 4 is 44.3 Å². The Hall–Kier alpha value is -1.91. The van der Waals surface area contributed by atoms with Gasteiger partial charge in [-0.05, 0) is 61.1 Å². The molecule has 0 spiro atoms. The highest BCUT2D eigenvalue weighted by Gasteiger charge is 2.57. The molecule has 1 N–H and O–H groups in total. The molecule has 29 heavy (non-hydrogen) atoms. The third kappa shape index (κ3) is 3.80. The van der Waals surface area contributed by atoms with Gasteiger partial charge in [0.1, 0.15) is 5.60 Å². The van der Waals surface area contributed by atoms with Crippen LogP contribution >= 0.6 is 22.6 Å². The summed E-state index contributed by atoms with van der Waals surface area (Å²) >= 11 is 1.91. The molecule has 1 aliphatic rings. The number of esters is 1. The largest absolute Gasteiger partial charge is 0.464 e. The first-order valence-electron chi connectivity index (χ1n) is 9.08. The fourth-order valence-corrected chi connectivity index (χ4v) is 6.04. The number of carbonyl (C=O) groups excluding carboxylic acids is 1. The summed E-state index contributed by atoms with van der Waals surface area (Å²) in [5, 5.41) is 11.2. The summed E-state index contributed by atoms with van der Waals surface area (Å²) in [4.78, 5) is 12.8. The molecule has 0 fully saturated rings. The van der Waals surface area contributed by atoms with Crippen molar-refractivity contribution in [1.29, 1.82) is 0 Å². The van der Waals surface area contributed by atoms with E-state index in [-0.39, 0.29) is 17.2 Å². The van der Waals surface area contributed by atoms with Crippen LogP contribution in [0.5, 0.6) is 0 Å². The summed E-state index contributed by atoms with van der Waals surface area (Å²) in [5.74, 6) is -0.798. The van der Waals surface area contributed by atoms with Gasteiger partial charge < -0.3 is 9.84 Å². The molecule has 2 aromatic carbocycles. The van der Waals surface area contributed by atoms with Gasteiger partial charge >= 0.3 is 5.97 Å². The van der Waals surface area contributed by atoms with Crippen LogP contribution in [0.2, 0.25) is 0 Å². The number of hydrogen-bond donors (Lipinski definition) is 1. The first-order chi connectivity index (χ1) is 13.6. The standard InChI is InChI=1S/C21H22INO5S/c1-4-28-20(24)19-21(3,25)18(22)17(15-8-6-5-7-9-15)23(19)29(26,27)16-12-10-14(2)11-13-16/h5-13,19,25H,4H2,1-3H3/t19-,21+/m1/s1. The lowest BCUT2D eigenvalue weighted by atomic mass is 9.99. The van der Waals surface area contributed by atoms with Gasteiger partial charge in [0.15, 0.2) is 6.04 Å². The number of nitrogens with zero attached hydrogens (tertiary/aromatic N) is 1. The molecular formula is C21H22INO5S. The molecule has 0 saturated heterocycles. The zero-order chi connectivity index (χ0) is 21.4. The third-order valence-corrected chi connectivity index (χ3v) is 8.16. The Balaban J connectivity index is 2.26. The maximum absolute atomic E-state index is 13.7. The minimum Gasteiger partial charge on any atom is -0.464 e. The maximum atomic E-state index is 13.7. The van der Waals surface area contributed by atoms with Gasteiger partial charge in [-0.1, -0.05) is 48.0 Å². The van der Waals surface area contributed by atoms with Crippen molar-refractivity contribution < 1.29 is 23.1 Å². The second kappa shape index (κ2) is 8.08. The molecule has 154 valence electrons. The minimum atomic E-state index is -4.16. The second-order valence-corrected chi connectivity index (χ2v) is 9.84. The van der Waals surface area contributed by atoms with Crippen molar-refractivity contribution in [2.45, 2.75) is 37.3 Å². The van der Waals surface area contributed by atoms with Gasteiger partial charge in [-0.3, -0.25) is 0 Å². The minimum absolute atomic E-state index is 0.0349. The number of hydrogen-bond acceptors (Lipinski definition) is 5. The molecule has 0 aromatic heterocycles. The second-order valence-electron chi connectivity index (χ2n) is 6.94. The number of benzene rings is 2. The van der Waals surface area contributed by atoms with Crippen LogP contribution in [0.3, 0.4) is 0 Å². The lowest BCUT2D eigenvalue weighted by Crippen LogP contribution is -2.52. The summed E-state index contributed by atoms with van der Waals surface area (Å²) in [6.45, 7) is 5.00. The average Bonchev–Trinajstić information content (AvgIpc) is 2.90. The van der Waals surface area contributed by atoms with E-state index in [1.165, 1.54) is 19.1 Å². The Kier molecular flexibility index (Phi) is 6.07. The SMILES string of the molecule is CCOC(=O)[C@H]1N(S(=O)(=O)c2ccc(C)cc2)C(c2ccccc2)=C(I)[C@]1(C)O. The molecule has 2 atom stereocenters. The summed E-state index contributed by atoms with van der Waals surface area (Å²) in [5.41, 5.74) is 0.0256. The van der Waals surface area contributed by atoms with E-state index < -0.39 is 27.6 Å². The molecule has 0 radical (unpaired) electrons.